The summed E-state index contributed by atoms with van der Waals surface area (Å²) in [5.74, 6) is -0.330. The van der Waals surface area contributed by atoms with Crippen molar-refractivity contribution >= 4 is 33.8 Å². The molecule has 2 rings (SSSR count). The number of hydrogen-bond acceptors (Lipinski definition) is 4. The fourth-order valence-corrected chi connectivity index (χ4v) is 2.12. The number of hydrazone groups is 1. The topological polar surface area (TPSA) is 70.9 Å². The molecule has 0 unspecified atom stereocenters. The number of anilines is 1. The van der Waals surface area contributed by atoms with Crippen molar-refractivity contribution in [3.63, 3.8) is 0 Å². The highest BCUT2D eigenvalue weighted by molar-refractivity contribution is 9.10. The fraction of sp³-hybridized carbons (Fsp3) is 0.0667. The molecule has 0 fully saturated rings. The average molecular weight is 349 g/mol. The van der Waals surface area contributed by atoms with Crippen molar-refractivity contribution in [1.29, 1.82) is 0 Å². The molecule has 0 atom stereocenters. The molecule has 2 N–H and O–H groups in total. The molecule has 0 radical (unpaired) electrons. The lowest BCUT2D eigenvalue weighted by Crippen LogP contribution is -2.02. The summed E-state index contributed by atoms with van der Waals surface area (Å²) in [5, 5.41) is 13.1. The predicted octanol–water partition coefficient (Wildman–Crippen LogP) is 3.60. The van der Waals surface area contributed by atoms with Crippen LogP contribution in [0, 0.1) is 0 Å². The first-order valence-corrected chi connectivity index (χ1v) is 6.86. The third kappa shape index (κ3) is 3.82. The number of halogens is 1. The van der Waals surface area contributed by atoms with E-state index in [-0.39, 0.29) is 5.56 Å². The van der Waals surface area contributed by atoms with E-state index in [9.17, 15) is 4.79 Å². The molecule has 5 nitrogen and oxygen atoms in total. The van der Waals surface area contributed by atoms with Crippen LogP contribution in [0.3, 0.4) is 0 Å². The molecule has 0 aliphatic carbocycles. The molecule has 0 aliphatic rings. The Hall–Kier alpha value is -2.34. The van der Waals surface area contributed by atoms with Crippen LogP contribution in [-0.4, -0.2) is 24.4 Å². The maximum Gasteiger partial charge on any atom is 0.337 e. The van der Waals surface area contributed by atoms with Crippen LogP contribution < -0.4 is 10.2 Å². The van der Waals surface area contributed by atoms with Gasteiger partial charge in [0.15, 0.2) is 0 Å². The largest absolute Gasteiger partial charge is 0.496 e. The molecular weight excluding hydrogens is 336 g/mol. The van der Waals surface area contributed by atoms with Gasteiger partial charge in [0.1, 0.15) is 5.75 Å². The number of rotatable bonds is 5. The van der Waals surface area contributed by atoms with Crippen molar-refractivity contribution in [2.24, 2.45) is 5.10 Å². The number of methoxy groups -OCH3 is 1. The van der Waals surface area contributed by atoms with E-state index in [1.807, 2.05) is 18.2 Å². The zero-order valence-electron chi connectivity index (χ0n) is 11.2. The Morgan fingerprint density at radius 2 is 2.10 bits per heavy atom. The van der Waals surface area contributed by atoms with Crippen LogP contribution in [0.1, 0.15) is 15.9 Å². The molecule has 6 heteroatoms. The molecule has 2 aromatic rings. The molecule has 0 aromatic heterocycles. The summed E-state index contributed by atoms with van der Waals surface area (Å²) in [7, 11) is 1.58. The number of nitrogens with one attached hydrogen (secondary N) is 1. The van der Waals surface area contributed by atoms with Gasteiger partial charge in [-0.3, -0.25) is 5.43 Å². The van der Waals surface area contributed by atoms with E-state index in [4.69, 9.17) is 9.84 Å². The molecule has 2 aromatic carbocycles. The van der Waals surface area contributed by atoms with E-state index in [1.165, 1.54) is 6.07 Å². The van der Waals surface area contributed by atoms with Crippen molar-refractivity contribution < 1.29 is 14.6 Å². The minimum absolute atomic E-state index is 0.163. The molecule has 0 heterocycles. The average Bonchev–Trinajstić information content (AvgIpc) is 2.48. The molecular formula is C15H13BrN2O3. The van der Waals surface area contributed by atoms with Crippen LogP contribution in [-0.2, 0) is 0 Å². The lowest BCUT2D eigenvalue weighted by atomic mass is 10.2. The number of ether oxygens (including phenoxy) is 1. The summed E-state index contributed by atoms with van der Waals surface area (Å²) < 4.78 is 6.13. The van der Waals surface area contributed by atoms with Gasteiger partial charge in [-0.2, -0.15) is 5.10 Å². The van der Waals surface area contributed by atoms with Crippen molar-refractivity contribution in [3.05, 3.63) is 58.1 Å². The Morgan fingerprint density at radius 3 is 2.81 bits per heavy atom. The summed E-state index contributed by atoms with van der Waals surface area (Å²) in [4.78, 5) is 11.1. The van der Waals surface area contributed by atoms with Gasteiger partial charge < -0.3 is 9.84 Å². The van der Waals surface area contributed by atoms with E-state index < -0.39 is 5.97 Å². The molecule has 0 bridgehead atoms. The number of para-hydroxylation sites is 1. The van der Waals surface area contributed by atoms with Crippen LogP contribution in [0.4, 0.5) is 5.69 Å². The molecule has 0 aliphatic heterocycles. The normalized spacial score (nSPS) is 10.6. The van der Waals surface area contributed by atoms with E-state index in [0.29, 0.717) is 11.4 Å². The lowest BCUT2D eigenvalue weighted by Gasteiger charge is -2.06. The number of carboxylic acids is 1. The van der Waals surface area contributed by atoms with Gasteiger partial charge in [0.05, 0.1) is 24.6 Å². The maximum absolute atomic E-state index is 11.1. The van der Waals surface area contributed by atoms with Crippen LogP contribution in [0.2, 0.25) is 0 Å². The second-order valence-electron chi connectivity index (χ2n) is 4.11. The summed E-state index contributed by atoms with van der Waals surface area (Å²) >= 11 is 3.38. The highest BCUT2D eigenvalue weighted by atomic mass is 79.9. The Bertz CT molecular complexity index is 686. The van der Waals surface area contributed by atoms with Crippen molar-refractivity contribution in [2.45, 2.75) is 0 Å². The quantitative estimate of drug-likeness (QED) is 0.639. The number of nitrogens with zero attached hydrogens (tertiary/aromatic N) is 1. The van der Waals surface area contributed by atoms with Gasteiger partial charge in [0.25, 0.3) is 0 Å². The third-order valence-corrected chi connectivity index (χ3v) is 3.23. The van der Waals surface area contributed by atoms with Crippen LogP contribution in [0.25, 0.3) is 0 Å². The molecule has 21 heavy (non-hydrogen) atoms. The van der Waals surface area contributed by atoms with E-state index >= 15 is 0 Å². The molecule has 0 saturated carbocycles. The second kappa shape index (κ2) is 6.90. The number of aromatic carboxylic acids is 1. The summed E-state index contributed by atoms with van der Waals surface area (Å²) in [6.45, 7) is 0. The SMILES string of the molecule is COc1ccc(Br)cc1/C=N/Nc1ccccc1C(=O)O. The van der Waals surface area contributed by atoms with E-state index in [0.717, 1.165) is 10.0 Å². The summed E-state index contributed by atoms with van der Waals surface area (Å²) in [6, 6.07) is 12.1. The predicted molar refractivity (Wildman–Crippen MR) is 85.3 cm³/mol. The Labute approximate surface area is 130 Å². The monoisotopic (exact) mass is 348 g/mol. The van der Waals surface area contributed by atoms with Gasteiger partial charge in [0, 0.05) is 10.0 Å². The first-order chi connectivity index (χ1) is 10.1. The van der Waals surface area contributed by atoms with E-state index in [1.54, 1.807) is 31.5 Å². The number of carboxylic acid groups (broad SMARTS) is 1. The van der Waals surface area contributed by atoms with Crippen LogP contribution in [0.5, 0.6) is 5.75 Å². The van der Waals surface area contributed by atoms with Crippen molar-refractivity contribution in [1.82, 2.24) is 0 Å². The Kier molecular flexibility index (Phi) is 4.94. The number of benzene rings is 2. The third-order valence-electron chi connectivity index (χ3n) is 2.74. The lowest BCUT2D eigenvalue weighted by molar-refractivity contribution is 0.0698. The molecule has 0 spiro atoms. The highest BCUT2D eigenvalue weighted by Gasteiger charge is 2.07. The highest BCUT2D eigenvalue weighted by Crippen LogP contribution is 2.21. The Morgan fingerprint density at radius 1 is 1.33 bits per heavy atom. The first kappa shape index (κ1) is 15.1. The minimum Gasteiger partial charge on any atom is -0.496 e. The standard InChI is InChI=1S/C15H13BrN2O3/c1-21-14-7-6-11(16)8-10(14)9-17-18-13-5-3-2-4-12(13)15(19)20/h2-9,18H,1H3,(H,19,20)/b17-9+. The molecule has 0 saturated heterocycles. The second-order valence-corrected chi connectivity index (χ2v) is 5.02. The van der Waals surface area contributed by atoms with Gasteiger partial charge >= 0.3 is 5.97 Å². The first-order valence-electron chi connectivity index (χ1n) is 6.06. The Balaban J connectivity index is 2.20. The smallest absolute Gasteiger partial charge is 0.337 e. The maximum atomic E-state index is 11.1. The van der Waals surface area contributed by atoms with Crippen LogP contribution >= 0.6 is 15.9 Å². The van der Waals surface area contributed by atoms with Crippen LogP contribution in [0.15, 0.2) is 52.0 Å². The molecule has 108 valence electrons. The van der Waals surface area contributed by atoms with Gasteiger partial charge in [-0.25, -0.2) is 4.79 Å². The van der Waals surface area contributed by atoms with Crippen molar-refractivity contribution in [3.8, 4) is 5.75 Å². The van der Waals surface area contributed by atoms with Gasteiger partial charge in [-0.1, -0.05) is 28.1 Å². The van der Waals surface area contributed by atoms with Gasteiger partial charge in [-0.15, -0.1) is 0 Å². The van der Waals surface area contributed by atoms with E-state index in [2.05, 4.69) is 26.5 Å². The zero-order valence-corrected chi connectivity index (χ0v) is 12.8. The summed E-state index contributed by atoms with van der Waals surface area (Å²) in [6.07, 6.45) is 1.57. The zero-order chi connectivity index (χ0) is 15.2. The van der Waals surface area contributed by atoms with Gasteiger partial charge in [-0.05, 0) is 30.3 Å². The number of hydrogen-bond donors (Lipinski definition) is 2. The number of carbonyl (C=O) groups is 1. The fourth-order valence-electron chi connectivity index (χ4n) is 1.74. The molecule has 0 amide bonds. The minimum atomic E-state index is -1.01. The summed E-state index contributed by atoms with van der Waals surface area (Å²) in [5.41, 5.74) is 4.09. The van der Waals surface area contributed by atoms with Crippen molar-refractivity contribution in [2.75, 3.05) is 12.5 Å². The van der Waals surface area contributed by atoms with Gasteiger partial charge in [0.2, 0.25) is 0 Å².